The molecular weight excluding hydrogens is 355 g/mol. The first-order valence-electron chi connectivity index (χ1n) is 9.50. The number of pyridine rings is 1. The molecule has 1 unspecified atom stereocenters. The average molecular weight is 378 g/mol. The van der Waals surface area contributed by atoms with Gasteiger partial charge in [0.05, 0.1) is 17.4 Å². The number of benzene rings is 1. The summed E-state index contributed by atoms with van der Waals surface area (Å²) in [5, 5.41) is 0. The predicted molar refractivity (Wildman–Crippen MR) is 106 cm³/mol. The molecule has 28 heavy (non-hydrogen) atoms. The molecule has 1 N–H and O–H groups in total. The lowest BCUT2D eigenvalue weighted by molar-refractivity contribution is 0.208. The minimum Gasteiger partial charge on any atom is -0.304 e. The average Bonchev–Trinajstić information content (AvgIpc) is 3.52. The van der Waals surface area contributed by atoms with Gasteiger partial charge in [-0.15, -0.1) is 0 Å². The van der Waals surface area contributed by atoms with Gasteiger partial charge in [-0.25, -0.2) is 4.98 Å². The van der Waals surface area contributed by atoms with E-state index < -0.39 is 11.4 Å². The lowest BCUT2D eigenvalue weighted by Gasteiger charge is -2.28. The van der Waals surface area contributed by atoms with Crippen molar-refractivity contribution in [1.29, 1.82) is 0 Å². The summed E-state index contributed by atoms with van der Waals surface area (Å²) in [5.41, 5.74) is 2.33. The SMILES string of the molecule is Cc1nc(-c2cccc(CN(C)C(c3ccccn3)C3CC3)c2)[nH]c(=O)c1F. The molecule has 1 aromatic carbocycles. The lowest BCUT2D eigenvalue weighted by atomic mass is 10.0. The van der Waals surface area contributed by atoms with Gasteiger partial charge < -0.3 is 4.98 Å². The van der Waals surface area contributed by atoms with E-state index in [-0.39, 0.29) is 11.7 Å². The highest BCUT2D eigenvalue weighted by molar-refractivity contribution is 5.56. The van der Waals surface area contributed by atoms with Crippen LogP contribution in [0.3, 0.4) is 0 Å². The number of hydrogen-bond donors (Lipinski definition) is 1. The monoisotopic (exact) mass is 378 g/mol. The Morgan fingerprint density at radius 3 is 2.75 bits per heavy atom. The number of aryl methyl sites for hydroxylation is 1. The highest BCUT2D eigenvalue weighted by atomic mass is 19.1. The van der Waals surface area contributed by atoms with Crippen LogP contribution in [0.5, 0.6) is 0 Å². The zero-order chi connectivity index (χ0) is 19.7. The van der Waals surface area contributed by atoms with E-state index >= 15 is 0 Å². The Balaban J connectivity index is 1.59. The van der Waals surface area contributed by atoms with E-state index in [1.165, 1.54) is 19.8 Å². The van der Waals surface area contributed by atoms with Crippen molar-refractivity contribution in [2.75, 3.05) is 7.05 Å². The summed E-state index contributed by atoms with van der Waals surface area (Å²) in [6, 6.07) is 14.2. The zero-order valence-corrected chi connectivity index (χ0v) is 16.0. The summed E-state index contributed by atoms with van der Waals surface area (Å²) < 4.78 is 13.6. The first kappa shape index (κ1) is 18.5. The molecule has 0 amide bonds. The van der Waals surface area contributed by atoms with Crippen LogP contribution in [0.15, 0.2) is 53.5 Å². The predicted octanol–water partition coefficient (Wildman–Crippen LogP) is 3.86. The summed E-state index contributed by atoms with van der Waals surface area (Å²) in [6.07, 6.45) is 4.30. The largest absolute Gasteiger partial charge is 0.304 e. The summed E-state index contributed by atoms with van der Waals surface area (Å²) in [7, 11) is 2.12. The Hall–Kier alpha value is -2.86. The first-order chi connectivity index (χ1) is 13.5. The fourth-order valence-electron chi connectivity index (χ4n) is 3.70. The third-order valence-electron chi connectivity index (χ3n) is 5.20. The fraction of sp³-hybridized carbons (Fsp3) is 0.318. The molecule has 0 saturated heterocycles. The van der Waals surface area contributed by atoms with Crippen molar-refractivity contribution < 1.29 is 4.39 Å². The quantitative estimate of drug-likeness (QED) is 0.707. The lowest BCUT2D eigenvalue weighted by Crippen LogP contribution is -2.26. The molecule has 0 aliphatic heterocycles. The van der Waals surface area contributed by atoms with Crippen molar-refractivity contribution in [3.8, 4) is 11.4 Å². The summed E-state index contributed by atoms with van der Waals surface area (Å²) in [5.74, 6) is 0.194. The van der Waals surface area contributed by atoms with Crippen LogP contribution in [0.2, 0.25) is 0 Å². The van der Waals surface area contributed by atoms with Gasteiger partial charge in [0, 0.05) is 18.3 Å². The number of halogens is 1. The van der Waals surface area contributed by atoms with E-state index in [0.29, 0.717) is 11.7 Å². The maximum Gasteiger partial charge on any atom is 0.287 e. The van der Waals surface area contributed by atoms with Gasteiger partial charge in [0.15, 0.2) is 0 Å². The van der Waals surface area contributed by atoms with Crippen LogP contribution < -0.4 is 5.56 Å². The van der Waals surface area contributed by atoms with Gasteiger partial charge in [-0.05, 0) is 56.5 Å². The minimum atomic E-state index is -0.831. The maximum absolute atomic E-state index is 13.6. The number of aromatic amines is 1. The Labute approximate surface area is 163 Å². The van der Waals surface area contributed by atoms with Gasteiger partial charge in [-0.1, -0.05) is 24.3 Å². The second-order valence-corrected chi connectivity index (χ2v) is 7.47. The van der Waals surface area contributed by atoms with E-state index in [1.54, 1.807) is 0 Å². The van der Waals surface area contributed by atoms with E-state index in [2.05, 4.69) is 39.0 Å². The fourth-order valence-corrected chi connectivity index (χ4v) is 3.70. The number of nitrogens with one attached hydrogen (secondary N) is 1. The Bertz CT molecular complexity index is 1030. The van der Waals surface area contributed by atoms with E-state index in [0.717, 1.165) is 23.4 Å². The maximum atomic E-state index is 13.6. The molecule has 1 saturated carbocycles. The van der Waals surface area contributed by atoms with Crippen molar-refractivity contribution in [1.82, 2.24) is 19.9 Å². The van der Waals surface area contributed by atoms with E-state index in [1.807, 2.05) is 36.5 Å². The third kappa shape index (κ3) is 3.87. The van der Waals surface area contributed by atoms with Gasteiger partial charge in [0.25, 0.3) is 5.56 Å². The smallest absolute Gasteiger partial charge is 0.287 e. The van der Waals surface area contributed by atoms with Crippen LogP contribution in [0.1, 0.15) is 35.8 Å². The second kappa shape index (κ2) is 7.64. The molecular formula is C22H23FN4O. The van der Waals surface area contributed by atoms with Crippen LogP contribution in [-0.4, -0.2) is 26.9 Å². The van der Waals surface area contributed by atoms with Crippen molar-refractivity contribution in [3.05, 3.63) is 81.8 Å². The molecule has 0 radical (unpaired) electrons. The molecule has 144 valence electrons. The number of hydrogen-bond acceptors (Lipinski definition) is 4. The van der Waals surface area contributed by atoms with Crippen LogP contribution in [0.25, 0.3) is 11.4 Å². The molecule has 1 aliphatic rings. The number of H-pyrrole nitrogens is 1. The molecule has 5 nitrogen and oxygen atoms in total. The van der Waals surface area contributed by atoms with Crippen molar-refractivity contribution in [2.45, 2.75) is 32.4 Å². The van der Waals surface area contributed by atoms with Gasteiger partial charge in [0.1, 0.15) is 5.82 Å². The third-order valence-corrected chi connectivity index (χ3v) is 5.20. The summed E-state index contributed by atoms with van der Waals surface area (Å²) in [4.78, 5) is 25.3. The van der Waals surface area contributed by atoms with Gasteiger partial charge >= 0.3 is 0 Å². The second-order valence-electron chi connectivity index (χ2n) is 7.47. The molecule has 2 aromatic heterocycles. The van der Waals surface area contributed by atoms with Crippen molar-refractivity contribution in [2.24, 2.45) is 5.92 Å². The minimum absolute atomic E-state index is 0.102. The molecule has 0 spiro atoms. The Morgan fingerprint density at radius 2 is 2.07 bits per heavy atom. The van der Waals surface area contributed by atoms with Gasteiger partial charge in [0.2, 0.25) is 5.82 Å². The number of aromatic nitrogens is 3. The molecule has 1 atom stereocenters. The summed E-state index contributed by atoms with van der Waals surface area (Å²) >= 11 is 0. The van der Waals surface area contributed by atoms with E-state index in [4.69, 9.17) is 0 Å². The summed E-state index contributed by atoms with van der Waals surface area (Å²) in [6.45, 7) is 2.24. The normalized spacial score (nSPS) is 15.0. The topological polar surface area (TPSA) is 61.9 Å². The van der Waals surface area contributed by atoms with Gasteiger partial charge in [-0.2, -0.15) is 4.39 Å². The van der Waals surface area contributed by atoms with Crippen LogP contribution in [0, 0.1) is 18.7 Å². The zero-order valence-electron chi connectivity index (χ0n) is 16.0. The number of rotatable bonds is 6. The highest BCUT2D eigenvalue weighted by Crippen LogP contribution is 2.43. The van der Waals surface area contributed by atoms with Crippen molar-refractivity contribution in [3.63, 3.8) is 0 Å². The molecule has 3 aromatic rings. The Morgan fingerprint density at radius 1 is 1.25 bits per heavy atom. The molecule has 1 aliphatic carbocycles. The Kier molecular flexibility index (Phi) is 5.05. The number of nitrogens with zero attached hydrogens (tertiary/aromatic N) is 3. The van der Waals surface area contributed by atoms with Crippen LogP contribution >= 0.6 is 0 Å². The standard InChI is InChI=1S/C22H23FN4O/c1-14-19(23)22(28)26-21(25-14)17-7-5-6-15(12-17)13-27(2)20(16-9-10-16)18-8-3-4-11-24-18/h3-8,11-12,16,20H,9-10,13H2,1-2H3,(H,25,26,28). The molecule has 0 bridgehead atoms. The van der Waals surface area contributed by atoms with Gasteiger partial charge in [-0.3, -0.25) is 14.7 Å². The van der Waals surface area contributed by atoms with Crippen molar-refractivity contribution >= 4 is 0 Å². The molecule has 2 heterocycles. The highest BCUT2D eigenvalue weighted by Gasteiger charge is 2.35. The molecule has 4 rings (SSSR count). The van der Waals surface area contributed by atoms with Crippen LogP contribution in [0.4, 0.5) is 4.39 Å². The van der Waals surface area contributed by atoms with Crippen LogP contribution in [-0.2, 0) is 6.54 Å². The molecule has 6 heteroatoms. The molecule has 1 fully saturated rings. The van der Waals surface area contributed by atoms with E-state index in [9.17, 15) is 9.18 Å². The first-order valence-corrected chi connectivity index (χ1v) is 9.50.